The second kappa shape index (κ2) is 9.82. The first-order valence-corrected chi connectivity index (χ1v) is 8.03. The number of benzene rings is 1. The summed E-state index contributed by atoms with van der Waals surface area (Å²) in [6.45, 7) is 8.00. The third kappa shape index (κ3) is 4.49. The molecule has 2 aliphatic rings. The maximum atomic E-state index is 3.39. The Balaban J connectivity index is 0.000000207. The molecule has 0 aliphatic heterocycles. The van der Waals surface area contributed by atoms with Crippen molar-refractivity contribution in [2.45, 2.75) is 40.5 Å². The van der Waals surface area contributed by atoms with Crippen LogP contribution in [0.15, 0.2) is 54.6 Å². The van der Waals surface area contributed by atoms with Crippen molar-refractivity contribution in [3.8, 4) is 0 Å². The highest BCUT2D eigenvalue weighted by Crippen LogP contribution is 2.27. The normalized spacial score (nSPS) is 12.8. The van der Waals surface area contributed by atoms with Crippen molar-refractivity contribution < 1.29 is 0 Å². The van der Waals surface area contributed by atoms with E-state index >= 15 is 0 Å². The fraction of sp³-hybridized carbons (Fsp3) is 0.300. The molecule has 1 nitrogen and oxygen atoms in total. The molecule has 2 aromatic rings. The molecule has 1 aromatic heterocycles. The van der Waals surface area contributed by atoms with Gasteiger partial charge in [-0.2, -0.15) is 0 Å². The summed E-state index contributed by atoms with van der Waals surface area (Å²) in [6, 6.07) is 8.46. The van der Waals surface area contributed by atoms with Crippen molar-refractivity contribution in [2.24, 2.45) is 0 Å². The van der Waals surface area contributed by atoms with Crippen molar-refractivity contribution in [2.75, 3.05) is 0 Å². The molecule has 1 N–H and O–H groups in total. The highest BCUT2D eigenvalue weighted by Gasteiger charge is 2.10. The van der Waals surface area contributed by atoms with E-state index in [-0.39, 0.29) is 0 Å². The van der Waals surface area contributed by atoms with Crippen LogP contribution in [0.2, 0.25) is 0 Å². The number of allylic oxidation sites excluding steroid dienone is 5. The summed E-state index contributed by atoms with van der Waals surface area (Å²) in [7, 11) is 0. The lowest BCUT2D eigenvalue weighted by Gasteiger charge is -1.90. The van der Waals surface area contributed by atoms with E-state index in [1.165, 1.54) is 22.2 Å². The summed E-state index contributed by atoms with van der Waals surface area (Å²) in [6.07, 6.45) is 14.9. The van der Waals surface area contributed by atoms with Gasteiger partial charge in [-0.25, -0.2) is 0 Å². The number of hydrogen-bond donors (Lipinski definition) is 1. The molecule has 4 rings (SSSR count). The van der Waals surface area contributed by atoms with E-state index in [9.17, 15) is 0 Å². The molecule has 0 amide bonds. The number of fused-ring (bicyclic) bond motifs is 3. The largest absolute Gasteiger partial charge is 0.355 e. The summed E-state index contributed by atoms with van der Waals surface area (Å²) in [5.41, 5.74) is 3.99. The van der Waals surface area contributed by atoms with Crippen LogP contribution in [0.1, 0.15) is 45.4 Å². The van der Waals surface area contributed by atoms with Crippen LogP contribution in [0.4, 0.5) is 0 Å². The van der Waals surface area contributed by atoms with Gasteiger partial charge in [-0.3, -0.25) is 0 Å². The predicted octanol–water partition coefficient (Wildman–Crippen LogP) is 6.29. The number of nitrogens with one attached hydrogen (secondary N) is 1. The molecule has 0 unspecified atom stereocenters. The lowest BCUT2D eigenvalue weighted by atomic mass is 10.1. The van der Waals surface area contributed by atoms with E-state index in [4.69, 9.17) is 0 Å². The first-order valence-electron chi connectivity index (χ1n) is 8.03. The number of H-pyrrole nitrogens is 1. The maximum Gasteiger partial charge on any atom is 0.0461 e. The molecular weight excluding hydrogens is 254 g/mol. The second-order valence-electron chi connectivity index (χ2n) is 4.26. The number of para-hydroxylation sites is 1. The van der Waals surface area contributed by atoms with Gasteiger partial charge in [-0.15, -0.1) is 0 Å². The highest BCUT2D eigenvalue weighted by atomic mass is 14.7. The zero-order chi connectivity index (χ0) is 15.5. The van der Waals surface area contributed by atoms with E-state index in [0.29, 0.717) is 0 Å². The molecule has 0 bridgehead atoms. The Labute approximate surface area is 129 Å². The van der Waals surface area contributed by atoms with Crippen LogP contribution in [0.3, 0.4) is 0 Å². The highest BCUT2D eigenvalue weighted by molar-refractivity contribution is 5.88. The Morgan fingerprint density at radius 2 is 1.52 bits per heavy atom. The van der Waals surface area contributed by atoms with E-state index in [1.807, 2.05) is 27.7 Å². The van der Waals surface area contributed by atoms with Gasteiger partial charge in [-0.05, 0) is 30.5 Å². The van der Waals surface area contributed by atoms with Crippen LogP contribution in [0.5, 0.6) is 0 Å². The van der Waals surface area contributed by atoms with Crippen molar-refractivity contribution in [3.05, 3.63) is 65.9 Å². The van der Waals surface area contributed by atoms with Gasteiger partial charge in [0.15, 0.2) is 0 Å². The summed E-state index contributed by atoms with van der Waals surface area (Å²) < 4.78 is 0. The number of rotatable bonds is 0. The number of hydrogen-bond acceptors (Lipinski definition) is 0. The minimum absolute atomic E-state index is 1.08. The number of aromatic amines is 1. The molecule has 0 saturated carbocycles. The Hall–Kier alpha value is -2.02. The third-order valence-electron chi connectivity index (χ3n) is 3.11. The zero-order valence-corrected chi connectivity index (χ0v) is 13.7. The van der Waals surface area contributed by atoms with Crippen LogP contribution in [-0.4, -0.2) is 4.98 Å². The molecule has 1 heterocycles. The van der Waals surface area contributed by atoms with Crippen LogP contribution >= 0.6 is 0 Å². The van der Waals surface area contributed by atoms with Crippen LogP contribution < -0.4 is 0 Å². The summed E-state index contributed by atoms with van der Waals surface area (Å²) >= 11 is 0. The lowest BCUT2D eigenvalue weighted by molar-refractivity contribution is 1.33. The molecule has 0 radical (unpaired) electrons. The maximum absolute atomic E-state index is 3.39. The molecule has 21 heavy (non-hydrogen) atoms. The lowest BCUT2D eigenvalue weighted by Crippen LogP contribution is -1.73. The van der Waals surface area contributed by atoms with Crippen LogP contribution in [0, 0.1) is 0 Å². The summed E-state index contributed by atoms with van der Waals surface area (Å²) in [4.78, 5) is 3.39. The fourth-order valence-corrected chi connectivity index (χ4v) is 2.27. The topological polar surface area (TPSA) is 15.8 Å². The van der Waals surface area contributed by atoms with Gasteiger partial charge >= 0.3 is 0 Å². The summed E-state index contributed by atoms with van der Waals surface area (Å²) in [5, 5.41) is 1.37. The Morgan fingerprint density at radius 3 is 2.14 bits per heavy atom. The van der Waals surface area contributed by atoms with E-state index in [2.05, 4.69) is 65.7 Å². The molecule has 2 aliphatic carbocycles. The monoisotopic (exact) mass is 281 g/mol. The van der Waals surface area contributed by atoms with Gasteiger partial charge in [0.05, 0.1) is 0 Å². The average Bonchev–Trinajstić information content (AvgIpc) is 3.30. The Morgan fingerprint density at radius 1 is 0.857 bits per heavy atom. The molecule has 0 atom stereocenters. The SMILES string of the molecule is C1=CCC=C1.C1=Cc2[nH]c3ccccc3c2C1.CC.CC. The quantitative estimate of drug-likeness (QED) is 0.584. The number of aromatic nitrogens is 1. The predicted molar refractivity (Wildman–Crippen MR) is 96.6 cm³/mol. The van der Waals surface area contributed by atoms with E-state index in [0.717, 1.165) is 12.8 Å². The minimum Gasteiger partial charge on any atom is -0.355 e. The van der Waals surface area contributed by atoms with E-state index in [1.54, 1.807) is 0 Å². The third-order valence-corrected chi connectivity index (χ3v) is 3.11. The van der Waals surface area contributed by atoms with Crippen molar-refractivity contribution in [1.29, 1.82) is 0 Å². The van der Waals surface area contributed by atoms with Crippen molar-refractivity contribution in [3.63, 3.8) is 0 Å². The Bertz CT molecular complexity index is 602. The molecular formula is C20H27N. The zero-order valence-electron chi connectivity index (χ0n) is 13.7. The smallest absolute Gasteiger partial charge is 0.0461 e. The standard InChI is InChI=1S/C11H9N.C5H6.2C2H6/c1-2-6-10-8(4-1)9-5-3-7-11(9)12-10;1-2-4-5-3-1;2*1-2/h1-4,6-7,12H,5H2;1-4H,5H2;2*1-2H3. The molecule has 0 fully saturated rings. The molecule has 0 saturated heterocycles. The molecule has 1 aromatic carbocycles. The second-order valence-corrected chi connectivity index (χ2v) is 4.26. The van der Waals surface area contributed by atoms with Crippen LogP contribution in [0.25, 0.3) is 17.0 Å². The van der Waals surface area contributed by atoms with Gasteiger partial charge in [-0.1, -0.05) is 76.3 Å². The molecule has 1 heteroatoms. The first-order chi connectivity index (χ1) is 10.4. The van der Waals surface area contributed by atoms with E-state index < -0.39 is 0 Å². The minimum atomic E-state index is 1.08. The van der Waals surface area contributed by atoms with Crippen molar-refractivity contribution >= 4 is 17.0 Å². The van der Waals surface area contributed by atoms with Gasteiger partial charge in [0.1, 0.15) is 0 Å². The van der Waals surface area contributed by atoms with Gasteiger partial charge in [0.2, 0.25) is 0 Å². The average molecular weight is 281 g/mol. The molecule has 0 spiro atoms. The van der Waals surface area contributed by atoms with Crippen LogP contribution in [-0.2, 0) is 6.42 Å². The fourth-order valence-electron chi connectivity index (χ4n) is 2.27. The van der Waals surface area contributed by atoms with Gasteiger partial charge < -0.3 is 4.98 Å². The van der Waals surface area contributed by atoms with Crippen molar-refractivity contribution in [1.82, 2.24) is 4.98 Å². The Kier molecular flexibility index (Phi) is 7.96. The van der Waals surface area contributed by atoms with Gasteiger partial charge in [0.25, 0.3) is 0 Å². The molecule has 112 valence electrons. The summed E-state index contributed by atoms with van der Waals surface area (Å²) in [5.74, 6) is 0. The first kappa shape index (κ1) is 17.0. The van der Waals surface area contributed by atoms with Gasteiger partial charge in [0, 0.05) is 16.6 Å².